The van der Waals surface area contributed by atoms with E-state index in [9.17, 15) is 4.39 Å². The van der Waals surface area contributed by atoms with Crippen molar-refractivity contribution < 1.29 is 4.39 Å². The van der Waals surface area contributed by atoms with Gasteiger partial charge in [0.25, 0.3) is 0 Å². The molecule has 0 unspecified atom stereocenters. The van der Waals surface area contributed by atoms with E-state index in [0.29, 0.717) is 17.8 Å². The molecule has 0 atom stereocenters. The minimum atomic E-state index is -0.420. The Morgan fingerprint density at radius 2 is 2.29 bits per heavy atom. The van der Waals surface area contributed by atoms with E-state index in [2.05, 4.69) is 10.4 Å². The van der Waals surface area contributed by atoms with Crippen molar-refractivity contribution in [3.63, 3.8) is 0 Å². The minimum absolute atomic E-state index is 0.303. The average molecular weight is 230 g/mol. The fourth-order valence-electron chi connectivity index (χ4n) is 1.52. The number of rotatable bonds is 3. The highest BCUT2D eigenvalue weighted by Crippen LogP contribution is 2.14. The first-order valence-electron chi connectivity index (χ1n) is 5.10. The van der Waals surface area contributed by atoms with Gasteiger partial charge in [0.05, 0.1) is 23.9 Å². The second kappa shape index (κ2) is 4.66. The van der Waals surface area contributed by atoms with E-state index in [0.717, 1.165) is 5.69 Å². The number of aryl methyl sites for hydroxylation is 1. The summed E-state index contributed by atoms with van der Waals surface area (Å²) in [7, 11) is 1.84. The number of hydrogen-bond donors (Lipinski definition) is 1. The Morgan fingerprint density at radius 3 is 2.94 bits per heavy atom. The van der Waals surface area contributed by atoms with Crippen molar-refractivity contribution >= 4 is 5.69 Å². The Bertz CT molecular complexity index is 568. The molecule has 0 saturated carbocycles. The predicted molar refractivity (Wildman–Crippen MR) is 61.6 cm³/mol. The van der Waals surface area contributed by atoms with Crippen LogP contribution >= 0.6 is 0 Å². The molecule has 1 aromatic carbocycles. The molecule has 0 fully saturated rings. The van der Waals surface area contributed by atoms with Crippen LogP contribution in [0.2, 0.25) is 0 Å². The third-order valence-electron chi connectivity index (χ3n) is 2.42. The van der Waals surface area contributed by atoms with Crippen molar-refractivity contribution in [1.29, 1.82) is 5.26 Å². The molecule has 0 spiro atoms. The standard InChI is InChI=1S/C12H11FN4/c1-17-12(2-3-16-17)8-15-11-5-9(7-14)4-10(13)6-11/h2-6,15H,8H2,1H3. The maximum atomic E-state index is 13.2. The van der Waals surface area contributed by atoms with Crippen molar-refractivity contribution in [3.8, 4) is 6.07 Å². The normalized spacial score (nSPS) is 9.94. The Kier molecular flexibility index (Phi) is 3.06. The molecule has 0 aliphatic carbocycles. The maximum Gasteiger partial charge on any atom is 0.126 e. The molecule has 0 saturated heterocycles. The molecule has 86 valence electrons. The van der Waals surface area contributed by atoms with Crippen LogP contribution in [0.3, 0.4) is 0 Å². The fourth-order valence-corrected chi connectivity index (χ4v) is 1.52. The number of hydrogen-bond acceptors (Lipinski definition) is 3. The summed E-state index contributed by atoms with van der Waals surface area (Å²) in [4.78, 5) is 0. The van der Waals surface area contributed by atoms with Crippen LogP contribution < -0.4 is 5.32 Å². The fraction of sp³-hybridized carbons (Fsp3) is 0.167. The van der Waals surface area contributed by atoms with Gasteiger partial charge >= 0.3 is 0 Å². The molecule has 4 nitrogen and oxygen atoms in total. The van der Waals surface area contributed by atoms with Gasteiger partial charge in [0.15, 0.2) is 0 Å². The lowest BCUT2D eigenvalue weighted by molar-refractivity contribution is 0.627. The minimum Gasteiger partial charge on any atom is -0.379 e. The van der Waals surface area contributed by atoms with Gasteiger partial charge in [-0.15, -0.1) is 0 Å². The van der Waals surface area contributed by atoms with E-state index in [4.69, 9.17) is 5.26 Å². The molecular formula is C12H11FN4. The zero-order valence-corrected chi connectivity index (χ0v) is 9.31. The van der Waals surface area contributed by atoms with E-state index < -0.39 is 5.82 Å². The third kappa shape index (κ3) is 2.61. The smallest absolute Gasteiger partial charge is 0.126 e. The topological polar surface area (TPSA) is 53.6 Å². The highest BCUT2D eigenvalue weighted by atomic mass is 19.1. The van der Waals surface area contributed by atoms with Crippen molar-refractivity contribution in [3.05, 3.63) is 47.5 Å². The average Bonchev–Trinajstić information content (AvgIpc) is 2.71. The SMILES string of the molecule is Cn1nccc1CNc1cc(F)cc(C#N)c1. The van der Waals surface area contributed by atoms with Gasteiger partial charge in [0.1, 0.15) is 5.82 Å². The van der Waals surface area contributed by atoms with Gasteiger partial charge < -0.3 is 5.32 Å². The highest BCUT2D eigenvalue weighted by molar-refractivity contribution is 5.49. The molecule has 5 heteroatoms. The lowest BCUT2D eigenvalue weighted by atomic mass is 10.2. The molecule has 17 heavy (non-hydrogen) atoms. The number of benzene rings is 1. The Hall–Kier alpha value is -2.35. The lowest BCUT2D eigenvalue weighted by Crippen LogP contribution is -2.05. The Balaban J connectivity index is 2.12. The van der Waals surface area contributed by atoms with E-state index in [1.54, 1.807) is 16.9 Å². The summed E-state index contributed by atoms with van der Waals surface area (Å²) in [5.41, 5.74) is 1.87. The first-order valence-corrected chi connectivity index (χ1v) is 5.10. The predicted octanol–water partition coefficient (Wildman–Crippen LogP) is 2.04. The summed E-state index contributed by atoms with van der Waals surface area (Å²) < 4.78 is 14.9. The number of anilines is 1. The van der Waals surface area contributed by atoms with Crippen LogP contribution in [-0.4, -0.2) is 9.78 Å². The molecule has 2 rings (SSSR count). The Labute approximate surface area is 98.3 Å². The number of nitriles is 1. The number of nitrogens with zero attached hydrogens (tertiary/aromatic N) is 3. The molecule has 0 aliphatic heterocycles. The maximum absolute atomic E-state index is 13.2. The molecular weight excluding hydrogens is 219 g/mol. The molecule has 1 heterocycles. The van der Waals surface area contributed by atoms with Crippen LogP contribution in [0.4, 0.5) is 10.1 Å². The first-order chi connectivity index (χ1) is 8.19. The molecule has 1 aromatic heterocycles. The monoisotopic (exact) mass is 230 g/mol. The quantitative estimate of drug-likeness (QED) is 0.877. The number of halogens is 1. The van der Waals surface area contributed by atoms with Gasteiger partial charge in [-0.1, -0.05) is 0 Å². The van der Waals surface area contributed by atoms with Gasteiger partial charge in [-0.2, -0.15) is 10.4 Å². The van der Waals surface area contributed by atoms with Crippen molar-refractivity contribution in [2.24, 2.45) is 7.05 Å². The van der Waals surface area contributed by atoms with Gasteiger partial charge in [-0.25, -0.2) is 4.39 Å². The largest absolute Gasteiger partial charge is 0.379 e. The van der Waals surface area contributed by atoms with Crippen LogP contribution in [0.15, 0.2) is 30.5 Å². The zero-order chi connectivity index (χ0) is 12.3. The highest BCUT2D eigenvalue weighted by Gasteiger charge is 2.02. The van der Waals surface area contributed by atoms with Gasteiger partial charge in [0.2, 0.25) is 0 Å². The second-order valence-electron chi connectivity index (χ2n) is 3.64. The van der Waals surface area contributed by atoms with Gasteiger partial charge in [-0.3, -0.25) is 4.68 Å². The lowest BCUT2D eigenvalue weighted by Gasteiger charge is -2.07. The summed E-state index contributed by atoms with van der Waals surface area (Å²) in [5.74, 6) is -0.420. The summed E-state index contributed by atoms with van der Waals surface area (Å²) in [6.07, 6.45) is 1.70. The number of aromatic nitrogens is 2. The van der Waals surface area contributed by atoms with Crippen molar-refractivity contribution in [2.45, 2.75) is 6.54 Å². The molecule has 0 aliphatic rings. The van der Waals surface area contributed by atoms with E-state index in [1.807, 2.05) is 19.2 Å². The van der Waals surface area contributed by atoms with E-state index in [-0.39, 0.29) is 0 Å². The Morgan fingerprint density at radius 1 is 1.47 bits per heavy atom. The van der Waals surface area contributed by atoms with E-state index in [1.165, 1.54) is 12.1 Å². The van der Waals surface area contributed by atoms with Gasteiger partial charge in [0, 0.05) is 18.9 Å². The molecule has 2 aromatic rings. The van der Waals surface area contributed by atoms with E-state index >= 15 is 0 Å². The van der Waals surface area contributed by atoms with Crippen LogP contribution in [0.25, 0.3) is 0 Å². The number of nitrogens with one attached hydrogen (secondary N) is 1. The molecule has 1 N–H and O–H groups in total. The first kappa shape index (κ1) is 11.1. The van der Waals surface area contributed by atoms with Crippen LogP contribution in [0, 0.1) is 17.1 Å². The van der Waals surface area contributed by atoms with Crippen LogP contribution in [-0.2, 0) is 13.6 Å². The van der Waals surface area contributed by atoms with Gasteiger partial charge in [-0.05, 0) is 24.3 Å². The summed E-state index contributed by atoms with van der Waals surface area (Å²) in [5, 5.41) is 15.8. The molecule has 0 radical (unpaired) electrons. The van der Waals surface area contributed by atoms with Crippen molar-refractivity contribution in [1.82, 2.24) is 9.78 Å². The summed E-state index contributed by atoms with van der Waals surface area (Å²) in [6.45, 7) is 0.533. The van der Waals surface area contributed by atoms with Crippen molar-refractivity contribution in [2.75, 3.05) is 5.32 Å². The summed E-state index contributed by atoms with van der Waals surface area (Å²) >= 11 is 0. The zero-order valence-electron chi connectivity index (χ0n) is 9.31. The summed E-state index contributed by atoms with van der Waals surface area (Å²) in [6, 6.07) is 7.96. The van der Waals surface area contributed by atoms with Crippen LogP contribution in [0.1, 0.15) is 11.3 Å². The molecule has 0 bridgehead atoms. The van der Waals surface area contributed by atoms with Crippen LogP contribution in [0.5, 0.6) is 0 Å². The third-order valence-corrected chi connectivity index (χ3v) is 2.42. The molecule has 0 amide bonds. The second-order valence-corrected chi connectivity index (χ2v) is 3.64.